The van der Waals surface area contributed by atoms with Gasteiger partial charge in [-0.2, -0.15) is 0 Å². The fourth-order valence-electron chi connectivity index (χ4n) is 4.79. The Kier molecular flexibility index (Phi) is 9.59. The molecule has 44 heavy (non-hydrogen) atoms. The lowest BCUT2D eigenvalue weighted by atomic mass is 9.78. The van der Waals surface area contributed by atoms with Crippen LogP contribution in [0.25, 0.3) is 23.4 Å². The SMILES string of the molecule is C=c1c(C)c(O)c(=C)c(C(C)(C)CC(=O)N(C)CCN(C)C(=O)Oc2ccc3nc(C4=N[C@@H](C(=O)OC)CS4)sc3c2)c1O. The standard InChI is InChI=1S/C31H36N4O7S2/c1-16-17(2)26(38)24(18(3)25(16)37)31(4,5)14-23(36)34(6)11-12-35(7)30(40)42-19-9-10-20-22(13-19)44-28(32-20)27-33-21(15-43-27)29(39)41-8/h9-10,13,21,37-38H,2-3,11-12,14-15H2,1,4-8H3/t21-/m1/s1. The van der Waals surface area contributed by atoms with Crippen LogP contribution in [-0.2, 0) is 19.7 Å². The molecule has 1 atom stereocenters. The molecule has 11 nitrogen and oxygen atoms in total. The second-order valence-corrected chi connectivity index (χ2v) is 13.3. The highest BCUT2D eigenvalue weighted by molar-refractivity contribution is 8.15. The average Bonchev–Trinajstić information content (AvgIpc) is 3.64. The molecule has 1 aromatic heterocycles. The number of likely N-dealkylation sites (N-methyl/N-ethyl adjacent to an activating group) is 2. The summed E-state index contributed by atoms with van der Waals surface area (Å²) in [5.41, 5.74) is 0.683. The van der Waals surface area contributed by atoms with Crippen molar-refractivity contribution in [2.24, 2.45) is 4.99 Å². The zero-order chi connectivity index (χ0) is 32.5. The monoisotopic (exact) mass is 640 g/mol. The molecule has 3 aromatic rings. The minimum absolute atomic E-state index is 0.0286. The van der Waals surface area contributed by atoms with E-state index in [2.05, 4.69) is 23.1 Å². The number of hydrogen-bond acceptors (Lipinski definition) is 11. The van der Waals surface area contributed by atoms with Gasteiger partial charge in [0.05, 0.1) is 17.3 Å². The van der Waals surface area contributed by atoms with Crippen LogP contribution < -0.4 is 15.2 Å². The van der Waals surface area contributed by atoms with Crippen molar-refractivity contribution >= 4 is 69.5 Å². The van der Waals surface area contributed by atoms with Crippen LogP contribution in [0.3, 0.4) is 0 Å². The summed E-state index contributed by atoms with van der Waals surface area (Å²) in [5, 5.41) is 23.1. The summed E-state index contributed by atoms with van der Waals surface area (Å²) in [6.07, 6.45) is -0.558. The molecule has 0 bridgehead atoms. The number of methoxy groups -OCH3 is 1. The zero-order valence-electron chi connectivity index (χ0n) is 25.6. The Bertz CT molecular complexity index is 1770. The van der Waals surface area contributed by atoms with Gasteiger partial charge in [-0.25, -0.2) is 14.6 Å². The first kappa shape index (κ1) is 32.8. The van der Waals surface area contributed by atoms with Crippen molar-refractivity contribution in [3.8, 4) is 17.2 Å². The Balaban J connectivity index is 1.35. The van der Waals surface area contributed by atoms with Crippen LogP contribution in [0.1, 0.15) is 36.4 Å². The fourth-order valence-corrected chi connectivity index (χ4v) is 6.88. The van der Waals surface area contributed by atoms with Gasteiger partial charge in [-0.05, 0) is 19.1 Å². The second kappa shape index (κ2) is 12.9. The van der Waals surface area contributed by atoms with Crippen molar-refractivity contribution in [3.05, 3.63) is 44.8 Å². The molecule has 0 saturated heterocycles. The topological polar surface area (TPSA) is 142 Å². The molecular weight excluding hydrogens is 604 g/mol. The molecule has 0 radical (unpaired) electrons. The van der Waals surface area contributed by atoms with Gasteiger partial charge < -0.3 is 29.5 Å². The molecule has 0 fully saturated rings. The van der Waals surface area contributed by atoms with Gasteiger partial charge in [-0.3, -0.25) is 9.79 Å². The second-order valence-electron chi connectivity index (χ2n) is 11.3. The summed E-state index contributed by atoms with van der Waals surface area (Å²) in [6, 6.07) is 4.59. The molecule has 2 N–H and O–H groups in total. The molecule has 2 heterocycles. The predicted molar refractivity (Wildman–Crippen MR) is 173 cm³/mol. The van der Waals surface area contributed by atoms with Gasteiger partial charge in [0.15, 0.2) is 6.04 Å². The molecule has 2 amide bonds. The summed E-state index contributed by atoms with van der Waals surface area (Å²) in [4.78, 5) is 49.6. The third-order valence-electron chi connectivity index (χ3n) is 7.57. The number of carbonyl (C=O) groups is 3. The Morgan fingerprint density at radius 1 is 1.09 bits per heavy atom. The van der Waals surface area contributed by atoms with E-state index in [1.54, 1.807) is 53.1 Å². The highest BCUT2D eigenvalue weighted by Gasteiger charge is 2.31. The summed E-state index contributed by atoms with van der Waals surface area (Å²) in [6.45, 7) is 13.5. The first-order chi connectivity index (χ1) is 20.6. The number of phenols is 2. The van der Waals surface area contributed by atoms with Gasteiger partial charge in [-0.15, -0.1) is 23.1 Å². The maximum Gasteiger partial charge on any atom is 0.415 e. The normalized spacial score (nSPS) is 14.8. The molecule has 234 valence electrons. The summed E-state index contributed by atoms with van der Waals surface area (Å²) < 4.78 is 11.2. The highest BCUT2D eigenvalue weighted by Crippen LogP contribution is 2.33. The third kappa shape index (κ3) is 6.68. The van der Waals surface area contributed by atoms with Gasteiger partial charge in [-0.1, -0.05) is 27.0 Å². The largest absolute Gasteiger partial charge is 0.507 e. The maximum atomic E-state index is 13.1. The van der Waals surface area contributed by atoms with E-state index in [-0.39, 0.29) is 48.1 Å². The van der Waals surface area contributed by atoms with E-state index in [9.17, 15) is 24.6 Å². The van der Waals surface area contributed by atoms with Crippen LogP contribution in [0.5, 0.6) is 17.2 Å². The number of rotatable bonds is 9. The van der Waals surface area contributed by atoms with E-state index >= 15 is 0 Å². The van der Waals surface area contributed by atoms with E-state index in [0.717, 1.165) is 10.2 Å². The quantitative estimate of drug-likeness (QED) is 0.267. The highest BCUT2D eigenvalue weighted by atomic mass is 32.2. The number of ether oxygens (including phenoxy) is 2. The van der Waals surface area contributed by atoms with Gasteiger partial charge in [0.2, 0.25) is 5.91 Å². The van der Waals surface area contributed by atoms with Crippen LogP contribution in [-0.4, -0.2) is 94.1 Å². The van der Waals surface area contributed by atoms with Crippen molar-refractivity contribution in [1.82, 2.24) is 14.8 Å². The lowest BCUT2D eigenvalue weighted by Gasteiger charge is -2.30. The summed E-state index contributed by atoms with van der Waals surface area (Å²) in [7, 11) is 4.56. The van der Waals surface area contributed by atoms with Crippen molar-refractivity contribution in [1.29, 1.82) is 0 Å². The molecule has 0 spiro atoms. The molecule has 13 heteroatoms. The van der Waals surface area contributed by atoms with Gasteiger partial charge in [0.1, 0.15) is 27.3 Å². The smallest absolute Gasteiger partial charge is 0.415 e. The van der Waals surface area contributed by atoms with Crippen LogP contribution >= 0.6 is 23.1 Å². The first-order valence-electron chi connectivity index (χ1n) is 13.7. The fraction of sp³-hybridized carbons (Fsp3) is 0.387. The van der Waals surface area contributed by atoms with Crippen molar-refractivity contribution in [3.63, 3.8) is 0 Å². The minimum Gasteiger partial charge on any atom is -0.507 e. The summed E-state index contributed by atoms with van der Waals surface area (Å²) >= 11 is 2.83. The Labute approximate surface area is 263 Å². The number of carbonyl (C=O) groups excluding carboxylic acids is 3. The number of esters is 1. The van der Waals surface area contributed by atoms with E-state index in [4.69, 9.17) is 9.47 Å². The number of aliphatic imine (C=N–C) groups is 1. The number of amides is 2. The number of hydrogen-bond donors (Lipinski definition) is 2. The zero-order valence-corrected chi connectivity index (χ0v) is 27.2. The van der Waals surface area contributed by atoms with E-state index in [1.807, 2.05) is 0 Å². The number of aromatic hydroxyl groups is 2. The lowest BCUT2D eigenvalue weighted by molar-refractivity contribution is -0.141. The van der Waals surface area contributed by atoms with Crippen molar-refractivity contribution in [2.45, 2.75) is 38.6 Å². The van der Waals surface area contributed by atoms with Crippen molar-refractivity contribution in [2.75, 3.05) is 40.0 Å². The first-order valence-corrected chi connectivity index (χ1v) is 15.5. The van der Waals surface area contributed by atoms with E-state index < -0.39 is 17.6 Å². The molecular formula is C31H36N4O7S2. The van der Waals surface area contributed by atoms with Gasteiger partial charge in [0.25, 0.3) is 0 Å². The molecule has 0 unspecified atom stereocenters. The predicted octanol–water partition coefficient (Wildman–Crippen LogP) is 3.13. The number of aromatic nitrogens is 1. The maximum absolute atomic E-state index is 13.1. The Morgan fingerprint density at radius 2 is 1.77 bits per heavy atom. The number of benzene rings is 2. The Morgan fingerprint density at radius 3 is 2.45 bits per heavy atom. The number of phenolic OH excluding ortho intramolecular Hbond substituents is 2. The molecule has 4 rings (SSSR count). The average molecular weight is 641 g/mol. The molecule has 1 aliphatic heterocycles. The van der Waals surface area contributed by atoms with Crippen LogP contribution in [0, 0.1) is 6.92 Å². The lowest BCUT2D eigenvalue weighted by Crippen LogP contribution is -2.41. The third-order valence-corrected chi connectivity index (χ3v) is 9.78. The van der Waals surface area contributed by atoms with Crippen LogP contribution in [0.15, 0.2) is 23.2 Å². The molecule has 2 aromatic carbocycles. The molecule has 0 aliphatic carbocycles. The van der Waals surface area contributed by atoms with Crippen LogP contribution in [0.4, 0.5) is 4.79 Å². The summed E-state index contributed by atoms with van der Waals surface area (Å²) in [5.74, 6) is 0.119. The number of thioether (sulfide) groups is 1. The van der Waals surface area contributed by atoms with Gasteiger partial charge >= 0.3 is 12.1 Å². The molecule has 0 saturated carbocycles. The van der Waals surface area contributed by atoms with E-state index in [0.29, 0.717) is 37.9 Å². The van der Waals surface area contributed by atoms with Crippen LogP contribution in [0.2, 0.25) is 0 Å². The minimum atomic E-state index is -0.851. The van der Waals surface area contributed by atoms with Gasteiger partial charge in [0, 0.05) is 72.4 Å². The molecule has 1 aliphatic rings. The van der Waals surface area contributed by atoms with E-state index in [1.165, 1.54) is 40.0 Å². The number of fused-ring (bicyclic) bond motifs is 1. The number of thiazole rings is 1. The number of nitrogens with zero attached hydrogens (tertiary/aromatic N) is 4. The van der Waals surface area contributed by atoms with Crippen molar-refractivity contribution < 1.29 is 34.1 Å². The Hall–Kier alpha value is -4.10.